The maximum absolute atomic E-state index is 2.40. The zero-order valence-corrected chi connectivity index (χ0v) is 18.7. The fourth-order valence-electron chi connectivity index (χ4n) is 5.17. The molecule has 0 fully saturated rings. The standard InChI is InChI=1S/C29H32/c1-19(2)16-20(3)17-23-13-14-25-24-12-8-7-11-22(24)18-26(25)27(23)28-21(4)10-9-15-29(28,5)6/h7-14,16-17H,15,18H2,1-6H3. The molecule has 29 heavy (non-hydrogen) atoms. The first-order chi connectivity index (χ1) is 13.8. The van der Waals surface area contributed by atoms with E-state index in [-0.39, 0.29) is 5.41 Å². The molecule has 0 heterocycles. The first-order valence-corrected chi connectivity index (χ1v) is 10.7. The highest BCUT2D eigenvalue weighted by molar-refractivity contribution is 5.90. The number of rotatable bonds is 3. The molecule has 2 aliphatic carbocycles. The molecule has 0 heteroatoms. The highest BCUT2D eigenvalue weighted by atomic mass is 14.4. The predicted molar refractivity (Wildman–Crippen MR) is 128 cm³/mol. The molecule has 0 aliphatic heterocycles. The van der Waals surface area contributed by atoms with E-state index in [1.165, 1.54) is 55.7 Å². The first kappa shape index (κ1) is 19.7. The Morgan fingerprint density at radius 1 is 0.966 bits per heavy atom. The van der Waals surface area contributed by atoms with Crippen LogP contribution in [0.5, 0.6) is 0 Å². The molecule has 0 N–H and O–H groups in total. The van der Waals surface area contributed by atoms with Gasteiger partial charge in [0.1, 0.15) is 0 Å². The summed E-state index contributed by atoms with van der Waals surface area (Å²) >= 11 is 0. The van der Waals surface area contributed by atoms with Crippen molar-refractivity contribution >= 4 is 11.6 Å². The van der Waals surface area contributed by atoms with Crippen LogP contribution in [0.25, 0.3) is 22.8 Å². The normalized spacial score (nSPS) is 17.2. The Labute approximate surface area is 176 Å². The summed E-state index contributed by atoms with van der Waals surface area (Å²) in [6, 6.07) is 13.6. The molecule has 148 valence electrons. The molecule has 0 bridgehead atoms. The summed E-state index contributed by atoms with van der Waals surface area (Å²) in [6.45, 7) is 13.6. The molecule has 0 aromatic heterocycles. The number of allylic oxidation sites excluding steroid dienone is 7. The molecule has 0 spiro atoms. The zero-order valence-electron chi connectivity index (χ0n) is 18.7. The highest BCUT2D eigenvalue weighted by Gasteiger charge is 2.32. The minimum Gasteiger partial charge on any atom is -0.0834 e. The Kier molecular flexibility index (Phi) is 4.99. The predicted octanol–water partition coefficient (Wildman–Crippen LogP) is 8.39. The van der Waals surface area contributed by atoms with E-state index < -0.39 is 0 Å². The van der Waals surface area contributed by atoms with Crippen molar-refractivity contribution < 1.29 is 0 Å². The van der Waals surface area contributed by atoms with Crippen molar-refractivity contribution in [1.29, 1.82) is 0 Å². The molecule has 2 aliphatic rings. The monoisotopic (exact) mass is 380 g/mol. The van der Waals surface area contributed by atoms with Crippen LogP contribution < -0.4 is 0 Å². The Balaban J connectivity index is 2.02. The van der Waals surface area contributed by atoms with Gasteiger partial charge < -0.3 is 0 Å². The molecular weight excluding hydrogens is 348 g/mol. The molecule has 2 aromatic rings. The van der Waals surface area contributed by atoms with Crippen molar-refractivity contribution in [3.8, 4) is 11.1 Å². The van der Waals surface area contributed by atoms with E-state index in [0.717, 1.165) is 12.8 Å². The number of fused-ring (bicyclic) bond motifs is 3. The van der Waals surface area contributed by atoms with E-state index in [2.05, 4.69) is 102 Å². The van der Waals surface area contributed by atoms with Gasteiger partial charge in [-0.3, -0.25) is 0 Å². The summed E-state index contributed by atoms with van der Waals surface area (Å²) in [5.41, 5.74) is 14.3. The van der Waals surface area contributed by atoms with Crippen LogP contribution in [0.2, 0.25) is 0 Å². The highest BCUT2D eigenvalue weighted by Crippen LogP contribution is 2.49. The molecule has 0 amide bonds. The molecular formula is C29H32. The van der Waals surface area contributed by atoms with Crippen molar-refractivity contribution in [3.05, 3.63) is 93.6 Å². The number of hydrogen-bond donors (Lipinski definition) is 0. The van der Waals surface area contributed by atoms with Gasteiger partial charge in [-0.1, -0.05) is 85.7 Å². The molecule has 2 aromatic carbocycles. The lowest BCUT2D eigenvalue weighted by molar-refractivity contribution is 0.502. The smallest absolute Gasteiger partial charge is 0.000718 e. The van der Waals surface area contributed by atoms with Crippen LogP contribution in [0, 0.1) is 5.41 Å². The third-order valence-electron chi connectivity index (χ3n) is 6.24. The summed E-state index contributed by atoms with van der Waals surface area (Å²) in [6.07, 6.45) is 11.4. The van der Waals surface area contributed by atoms with Crippen molar-refractivity contribution in [3.63, 3.8) is 0 Å². The average Bonchev–Trinajstić information content (AvgIpc) is 3.00. The van der Waals surface area contributed by atoms with Crippen molar-refractivity contribution in [1.82, 2.24) is 0 Å². The van der Waals surface area contributed by atoms with Crippen LogP contribution in [0.4, 0.5) is 0 Å². The molecule has 4 rings (SSSR count). The molecule has 0 radical (unpaired) electrons. The minimum atomic E-state index is 0.135. The van der Waals surface area contributed by atoms with Crippen LogP contribution in [0.1, 0.15) is 70.2 Å². The second kappa shape index (κ2) is 7.34. The van der Waals surface area contributed by atoms with Gasteiger partial charge in [-0.15, -0.1) is 0 Å². The van der Waals surface area contributed by atoms with E-state index in [4.69, 9.17) is 0 Å². The van der Waals surface area contributed by atoms with Gasteiger partial charge >= 0.3 is 0 Å². The third-order valence-corrected chi connectivity index (χ3v) is 6.24. The lowest BCUT2D eigenvalue weighted by Gasteiger charge is -2.34. The zero-order chi connectivity index (χ0) is 20.8. The van der Waals surface area contributed by atoms with Gasteiger partial charge in [0.05, 0.1) is 0 Å². The van der Waals surface area contributed by atoms with E-state index >= 15 is 0 Å². The average molecular weight is 381 g/mol. The Hall–Kier alpha value is -2.60. The van der Waals surface area contributed by atoms with Gasteiger partial charge in [0, 0.05) is 0 Å². The summed E-state index contributed by atoms with van der Waals surface area (Å²) in [5.74, 6) is 0. The lowest BCUT2D eigenvalue weighted by Crippen LogP contribution is -2.18. The third kappa shape index (κ3) is 3.57. The van der Waals surface area contributed by atoms with E-state index in [1.54, 1.807) is 0 Å². The van der Waals surface area contributed by atoms with Crippen LogP contribution >= 0.6 is 0 Å². The van der Waals surface area contributed by atoms with Gasteiger partial charge in [0.15, 0.2) is 0 Å². The van der Waals surface area contributed by atoms with Gasteiger partial charge in [0.2, 0.25) is 0 Å². The van der Waals surface area contributed by atoms with E-state index in [1.807, 2.05) is 0 Å². The topological polar surface area (TPSA) is 0 Å². The Bertz CT molecular complexity index is 1090. The maximum Gasteiger partial charge on any atom is -0.000718 e. The maximum atomic E-state index is 2.40. The van der Waals surface area contributed by atoms with Gasteiger partial charge in [-0.25, -0.2) is 0 Å². The van der Waals surface area contributed by atoms with Gasteiger partial charge in [-0.05, 0) is 90.5 Å². The second-order valence-corrected chi connectivity index (χ2v) is 9.55. The summed E-state index contributed by atoms with van der Waals surface area (Å²) < 4.78 is 0. The van der Waals surface area contributed by atoms with Crippen molar-refractivity contribution in [2.75, 3.05) is 0 Å². The lowest BCUT2D eigenvalue weighted by atomic mass is 9.70. The second-order valence-electron chi connectivity index (χ2n) is 9.55. The summed E-state index contributed by atoms with van der Waals surface area (Å²) in [5, 5.41) is 0. The largest absolute Gasteiger partial charge is 0.0834 e. The molecule has 0 saturated heterocycles. The Morgan fingerprint density at radius 3 is 2.45 bits per heavy atom. The molecule has 0 atom stereocenters. The molecule has 0 nitrogen and oxygen atoms in total. The quantitative estimate of drug-likeness (QED) is 0.400. The summed E-state index contributed by atoms with van der Waals surface area (Å²) in [4.78, 5) is 0. The fourth-order valence-corrected chi connectivity index (χ4v) is 5.17. The van der Waals surface area contributed by atoms with E-state index in [0.29, 0.717) is 0 Å². The fraction of sp³-hybridized carbons (Fsp3) is 0.310. The van der Waals surface area contributed by atoms with Crippen molar-refractivity contribution in [2.24, 2.45) is 5.41 Å². The van der Waals surface area contributed by atoms with Crippen LogP contribution in [0.15, 0.2) is 71.3 Å². The van der Waals surface area contributed by atoms with Crippen LogP contribution in [0.3, 0.4) is 0 Å². The minimum absolute atomic E-state index is 0.135. The van der Waals surface area contributed by atoms with Crippen molar-refractivity contribution in [2.45, 2.75) is 54.4 Å². The van der Waals surface area contributed by atoms with Gasteiger partial charge in [-0.2, -0.15) is 0 Å². The first-order valence-electron chi connectivity index (χ1n) is 10.7. The summed E-state index contributed by atoms with van der Waals surface area (Å²) in [7, 11) is 0. The number of hydrogen-bond acceptors (Lipinski definition) is 0. The van der Waals surface area contributed by atoms with Gasteiger partial charge in [0.25, 0.3) is 0 Å². The SMILES string of the molecule is CC(C)=CC(C)=Cc1ccc2c(c1C1=C(C)C=CCC1(C)C)Cc1ccccc1-2. The molecule has 0 saturated carbocycles. The molecule has 0 unspecified atom stereocenters. The van der Waals surface area contributed by atoms with Crippen LogP contribution in [-0.2, 0) is 6.42 Å². The Morgan fingerprint density at radius 2 is 1.72 bits per heavy atom. The van der Waals surface area contributed by atoms with Crippen LogP contribution in [-0.4, -0.2) is 0 Å². The number of benzene rings is 2. The van der Waals surface area contributed by atoms with E-state index in [9.17, 15) is 0 Å².